The van der Waals surface area contributed by atoms with E-state index in [9.17, 15) is 21.6 Å². The number of nitrogens with zero attached hydrogens (tertiary/aromatic N) is 1. The molecule has 3 aromatic rings. The second kappa shape index (κ2) is 8.24. The first kappa shape index (κ1) is 21.2. The lowest BCUT2D eigenvalue weighted by Crippen LogP contribution is -2.28. The van der Waals surface area contributed by atoms with E-state index < -0.39 is 26.7 Å². The Labute approximate surface area is 177 Å². The van der Waals surface area contributed by atoms with Crippen LogP contribution < -0.4 is 9.04 Å². The number of para-hydroxylation sites is 2. The van der Waals surface area contributed by atoms with Crippen LogP contribution in [0.25, 0.3) is 0 Å². The SMILES string of the molecule is O=S(=O)(c1ccc(OCC2CO2)cc1C(F)(F)F)N(c1ccccc1)c1ccccc1. The summed E-state index contributed by atoms with van der Waals surface area (Å²) in [6.07, 6.45) is -5.05. The Morgan fingerprint density at radius 2 is 1.48 bits per heavy atom. The molecule has 0 aliphatic carbocycles. The van der Waals surface area contributed by atoms with Gasteiger partial charge >= 0.3 is 6.18 Å². The molecular weight excluding hydrogens is 431 g/mol. The number of sulfonamides is 1. The molecule has 3 aromatic carbocycles. The minimum Gasteiger partial charge on any atom is -0.491 e. The van der Waals surface area contributed by atoms with E-state index in [0.29, 0.717) is 12.7 Å². The van der Waals surface area contributed by atoms with Crippen molar-refractivity contribution in [1.82, 2.24) is 0 Å². The molecule has 1 unspecified atom stereocenters. The zero-order valence-corrected chi connectivity index (χ0v) is 16.9. The highest BCUT2D eigenvalue weighted by Gasteiger charge is 2.40. The number of epoxide rings is 1. The third-order valence-electron chi connectivity index (χ3n) is 4.59. The molecule has 0 radical (unpaired) electrons. The quantitative estimate of drug-likeness (QED) is 0.476. The van der Waals surface area contributed by atoms with Crippen LogP contribution in [0.5, 0.6) is 5.75 Å². The Morgan fingerprint density at radius 3 is 1.97 bits per heavy atom. The van der Waals surface area contributed by atoms with E-state index in [-0.39, 0.29) is 29.8 Å². The summed E-state index contributed by atoms with van der Waals surface area (Å²) in [6, 6.07) is 18.8. The van der Waals surface area contributed by atoms with Gasteiger partial charge in [-0.15, -0.1) is 0 Å². The summed E-state index contributed by atoms with van der Waals surface area (Å²) >= 11 is 0. The van der Waals surface area contributed by atoms with Crippen molar-refractivity contribution < 1.29 is 31.1 Å². The van der Waals surface area contributed by atoms with E-state index in [1.54, 1.807) is 36.4 Å². The summed E-state index contributed by atoms with van der Waals surface area (Å²) < 4.78 is 79.9. The van der Waals surface area contributed by atoms with Crippen LogP contribution in [0.3, 0.4) is 0 Å². The van der Waals surface area contributed by atoms with E-state index >= 15 is 0 Å². The zero-order chi connectivity index (χ0) is 22.1. The molecule has 4 rings (SSSR count). The molecule has 1 aliphatic heterocycles. The molecule has 0 aromatic heterocycles. The first-order chi connectivity index (χ1) is 14.8. The van der Waals surface area contributed by atoms with Crippen LogP contribution in [0.15, 0.2) is 83.8 Å². The first-order valence-electron chi connectivity index (χ1n) is 9.38. The fraction of sp³-hybridized carbons (Fsp3) is 0.182. The zero-order valence-electron chi connectivity index (χ0n) is 16.1. The Morgan fingerprint density at radius 1 is 0.935 bits per heavy atom. The van der Waals surface area contributed by atoms with Gasteiger partial charge in [-0.25, -0.2) is 12.7 Å². The lowest BCUT2D eigenvalue weighted by molar-refractivity contribution is -0.140. The number of anilines is 2. The molecule has 5 nitrogen and oxygen atoms in total. The van der Waals surface area contributed by atoms with Crippen molar-refractivity contribution >= 4 is 21.4 Å². The van der Waals surface area contributed by atoms with E-state index in [1.807, 2.05) is 0 Å². The van der Waals surface area contributed by atoms with Crippen LogP contribution in [-0.4, -0.2) is 27.7 Å². The summed E-state index contributed by atoms with van der Waals surface area (Å²) in [5.41, 5.74) is -0.861. The molecule has 162 valence electrons. The van der Waals surface area contributed by atoms with Gasteiger partial charge in [0.05, 0.1) is 23.5 Å². The number of benzene rings is 3. The maximum Gasteiger partial charge on any atom is 0.417 e. The van der Waals surface area contributed by atoms with Gasteiger partial charge in [0.25, 0.3) is 10.0 Å². The molecular formula is C22H18F3NO4S. The standard InChI is InChI=1S/C22H18F3NO4S/c23-22(24,25)20-13-18(29-14-19-15-30-19)11-12-21(20)31(27,28)26(16-7-3-1-4-8-16)17-9-5-2-6-10-17/h1-13,19H,14-15H2. The normalized spacial score (nSPS) is 16.0. The summed E-state index contributed by atoms with van der Waals surface area (Å²) in [6.45, 7) is 0.589. The van der Waals surface area contributed by atoms with Crippen molar-refractivity contribution in [3.63, 3.8) is 0 Å². The lowest BCUT2D eigenvalue weighted by atomic mass is 10.2. The monoisotopic (exact) mass is 449 g/mol. The molecule has 0 saturated carbocycles. The Bertz CT molecular complexity index is 1110. The number of alkyl halides is 3. The van der Waals surface area contributed by atoms with Crippen LogP contribution in [-0.2, 0) is 20.9 Å². The predicted molar refractivity (Wildman–Crippen MR) is 109 cm³/mol. The minimum atomic E-state index is -4.91. The Kier molecular flexibility index (Phi) is 5.63. The second-order valence-corrected chi connectivity index (χ2v) is 8.62. The molecule has 0 bridgehead atoms. The van der Waals surface area contributed by atoms with E-state index in [0.717, 1.165) is 10.4 Å². The number of rotatable bonds is 7. The summed E-state index contributed by atoms with van der Waals surface area (Å²) in [5.74, 6) is -0.0762. The third kappa shape index (κ3) is 4.67. The van der Waals surface area contributed by atoms with Crippen molar-refractivity contribution in [2.45, 2.75) is 17.2 Å². The van der Waals surface area contributed by atoms with Crippen molar-refractivity contribution in [2.24, 2.45) is 0 Å². The maximum atomic E-state index is 13.9. The number of hydrogen-bond acceptors (Lipinski definition) is 4. The average Bonchev–Trinajstić information content (AvgIpc) is 3.57. The average molecular weight is 449 g/mol. The molecule has 0 spiro atoms. The number of ether oxygens (including phenoxy) is 2. The van der Waals surface area contributed by atoms with Crippen LogP contribution >= 0.6 is 0 Å². The van der Waals surface area contributed by atoms with E-state index in [2.05, 4.69) is 0 Å². The molecule has 1 atom stereocenters. The van der Waals surface area contributed by atoms with Crippen molar-refractivity contribution in [3.8, 4) is 5.75 Å². The van der Waals surface area contributed by atoms with Gasteiger partial charge < -0.3 is 9.47 Å². The highest BCUT2D eigenvalue weighted by Crippen LogP contribution is 2.40. The topological polar surface area (TPSA) is 59.1 Å². The summed E-state index contributed by atoms with van der Waals surface area (Å²) in [7, 11) is -4.62. The fourth-order valence-electron chi connectivity index (χ4n) is 3.05. The maximum absolute atomic E-state index is 13.9. The van der Waals surface area contributed by atoms with Crippen molar-refractivity contribution in [1.29, 1.82) is 0 Å². The lowest BCUT2D eigenvalue weighted by Gasteiger charge is -2.26. The summed E-state index contributed by atoms with van der Waals surface area (Å²) in [4.78, 5) is -0.859. The Balaban J connectivity index is 1.83. The van der Waals surface area contributed by atoms with Crippen LogP contribution in [0.4, 0.5) is 24.5 Å². The predicted octanol–water partition coefficient (Wildman–Crippen LogP) is 5.01. The van der Waals surface area contributed by atoms with Gasteiger partial charge in [0, 0.05) is 0 Å². The van der Waals surface area contributed by atoms with Gasteiger partial charge in [0.1, 0.15) is 23.4 Å². The van der Waals surface area contributed by atoms with E-state index in [4.69, 9.17) is 9.47 Å². The molecule has 1 heterocycles. The Hall–Kier alpha value is -3.04. The van der Waals surface area contributed by atoms with Gasteiger partial charge in [0.2, 0.25) is 0 Å². The van der Waals surface area contributed by atoms with Crippen molar-refractivity contribution in [2.75, 3.05) is 17.5 Å². The van der Waals surface area contributed by atoms with E-state index in [1.165, 1.54) is 30.3 Å². The first-order valence-corrected chi connectivity index (χ1v) is 10.8. The number of hydrogen-bond donors (Lipinski definition) is 0. The van der Waals surface area contributed by atoms with Gasteiger partial charge in [-0.3, -0.25) is 0 Å². The van der Waals surface area contributed by atoms with Crippen LogP contribution in [0, 0.1) is 0 Å². The highest BCUT2D eigenvalue weighted by atomic mass is 32.2. The van der Waals surface area contributed by atoms with Crippen LogP contribution in [0.2, 0.25) is 0 Å². The minimum absolute atomic E-state index is 0.0762. The van der Waals surface area contributed by atoms with Gasteiger partial charge in [-0.2, -0.15) is 13.2 Å². The largest absolute Gasteiger partial charge is 0.491 e. The molecule has 9 heteroatoms. The molecule has 0 N–H and O–H groups in total. The highest BCUT2D eigenvalue weighted by molar-refractivity contribution is 7.93. The summed E-state index contributed by atoms with van der Waals surface area (Å²) in [5, 5.41) is 0. The third-order valence-corrected chi connectivity index (χ3v) is 6.41. The molecule has 0 amide bonds. The molecule has 1 aliphatic rings. The van der Waals surface area contributed by atoms with Gasteiger partial charge in [0.15, 0.2) is 0 Å². The smallest absolute Gasteiger partial charge is 0.417 e. The molecule has 1 fully saturated rings. The van der Waals surface area contributed by atoms with Gasteiger partial charge in [-0.05, 0) is 42.5 Å². The second-order valence-electron chi connectivity index (χ2n) is 6.86. The fourth-order valence-corrected chi connectivity index (χ4v) is 4.74. The van der Waals surface area contributed by atoms with Gasteiger partial charge in [-0.1, -0.05) is 36.4 Å². The number of halogens is 3. The molecule has 31 heavy (non-hydrogen) atoms. The van der Waals surface area contributed by atoms with Crippen molar-refractivity contribution in [3.05, 3.63) is 84.4 Å². The molecule has 1 saturated heterocycles. The van der Waals surface area contributed by atoms with Crippen LogP contribution in [0.1, 0.15) is 5.56 Å².